The monoisotopic (exact) mass is 192 g/mol. The Bertz CT molecular complexity index is 282. The lowest BCUT2D eigenvalue weighted by atomic mass is 10.1. The Morgan fingerprint density at radius 3 is 2.50 bits per heavy atom. The van der Waals surface area contributed by atoms with Gasteiger partial charge in [-0.05, 0) is 5.56 Å². The summed E-state index contributed by atoms with van der Waals surface area (Å²) in [5.41, 5.74) is 1.20. The molecule has 1 fully saturated rings. The Morgan fingerprint density at radius 2 is 1.93 bits per heavy atom. The number of hydrogen-bond acceptors (Lipinski definition) is 2. The van der Waals surface area contributed by atoms with Crippen LogP contribution in [0.15, 0.2) is 30.3 Å². The normalized spacial score (nSPS) is 27.1. The second-order valence-electron chi connectivity index (χ2n) is 3.98. The maximum Gasteiger partial charge on any atom is 0.160 e. The predicted octanol–water partition coefficient (Wildman–Crippen LogP) is 2.76. The largest absolute Gasteiger partial charge is 0.349 e. The van der Waals surface area contributed by atoms with Crippen molar-refractivity contribution in [2.75, 3.05) is 6.61 Å². The summed E-state index contributed by atoms with van der Waals surface area (Å²) in [6.45, 7) is 4.89. The van der Waals surface area contributed by atoms with Gasteiger partial charge in [0.2, 0.25) is 0 Å². The Morgan fingerprint density at radius 1 is 1.21 bits per heavy atom. The van der Waals surface area contributed by atoms with Gasteiger partial charge in [0.1, 0.15) is 6.10 Å². The maximum absolute atomic E-state index is 5.79. The highest BCUT2D eigenvalue weighted by Crippen LogP contribution is 2.29. The third-order valence-electron chi connectivity index (χ3n) is 2.43. The third-order valence-corrected chi connectivity index (χ3v) is 2.43. The highest BCUT2D eigenvalue weighted by molar-refractivity contribution is 5.18. The Hall–Kier alpha value is -0.860. The lowest BCUT2D eigenvalue weighted by Crippen LogP contribution is -2.15. The van der Waals surface area contributed by atoms with Crippen LogP contribution < -0.4 is 0 Å². The molecule has 1 aliphatic rings. The van der Waals surface area contributed by atoms with Gasteiger partial charge in [0.05, 0.1) is 6.61 Å². The molecule has 1 aliphatic heterocycles. The van der Waals surface area contributed by atoms with Crippen molar-refractivity contribution in [3.8, 4) is 0 Å². The molecule has 2 heteroatoms. The lowest BCUT2D eigenvalue weighted by molar-refractivity contribution is -0.0877. The van der Waals surface area contributed by atoms with Crippen molar-refractivity contribution >= 4 is 0 Å². The fourth-order valence-electron chi connectivity index (χ4n) is 1.61. The van der Waals surface area contributed by atoms with Crippen LogP contribution in [0.5, 0.6) is 0 Å². The highest BCUT2D eigenvalue weighted by atomic mass is 16.7. The van der Waals surface area contributed by atoms with Gasteiger partial charge < -0.3 is 9.47 Å². The van der Waals surface area contributed by atoms with Crippen LogP contribution >= 0.6 is 0 Å². The fraction of sp³-hybridized carbons (Fsp3) is 0.500. The molecule has 2 rings (SSSR count). The first-order chi connectivity index (χ1) is 6.77. The molecule has 0 radical (unpaired) electrons. The molecule has 1 saturated heterocycles. The summed E-state index contributed by atoms with van der Waals surface area (Å²) in [5.74, 6) is 0.420. The quantitative estimate of drug-likeness (QED) is 0.717. The molecule has 14 heavy (non-hydrogen) atoms. The summed E-state index contributed by atoms with van der Waals surface area (Å²) in [5, 5.41) is 0. The van der Waals surface area contributed by atoms with Crippen molar-refractivity contribution in [1.82, 2.24) is 0 Å². The molecule has 1 aromatic rings. The fourth-order valence-corrected chi connectivity index (χ4v) is 1.61. The standard InChI is InChI=1S/C12H16O2/c1-9(2)12-13-8-11(14-12)10-6-4-3-5-7-10/h3-7,9,11-12H,8H2,1-2H3/t11-,12+/m1/s1. The van der Waals surface area contributed by atoms with Gasteiger partial charge in [-0.2, -0.15) is 0 Å². The van der Waals surface area contributed by atoms with Crippen LogP contribution in [0, 0.1) is 5.92 Å². The topological polar surface area (TPSA) is 18.5 Å². The zero-order valence-corrected chi connectivity index (χ0v) is 8.64. The summed E-state index contributed by atoms with van der Waals surface area (Å²) in [6.07, 6.45) is 0.0730. The van der Waals surface area contributed by atoms with Crippen LogP contribution in [-0.4, -0.2) is 12.9 Å². The predicted molar refractivity (Wildman–Crippen MR) is 54.8 cm³/mol. The molecule has 0 unspecified atom stereocenters. The molecule has 0 aliphatic carbocycles. The first-order valence-electron chi connectivity index (χ1n) is 5.09. The first kappa shape index (κ1) is 9.69. The molecule has 76 valence electrons. The second-order valence-corrected chi connectivity index (χ2v) is 3.98. The molecule has 0 aromatic heterocycles. The molecule has 0 bridgehead atoms. The lowest BCUT2D eigenvalue weighted by Gasteiger charge is -2.14. The van der Waals surface area contributed by atoms with Crippen molar-refractivity contribution < 1.29 is 9.47 Å². The van der Waals surface area contributed by atoms with E-state index in [4.69, 9.17) is 9.47 Å². The highest BCUT2D eigenvalue weighted by Gasteiger charge is 2.28. The summed E-state index contributed by atoms with van der Waals surface area (Å²) in [7, 11) is 0. The molecule has 1 heterocycles. The van der Waals surface area contributed by atoms with Crippen LogP contribution in [0.25, 0.3) is 0 Å². The zero-order valence-electron chi connectivity index (χ0n) is 8.64. The van der Waals surface area contributed by atoms with E-state index in [9.17, 15) is 0 Å². The second kappa shape index (κ2) is 4.11. The molecule has 0 N–H and O–H groups in total. The van der Waals surface area contributed by atoms with Gasteiger partial charge >= 0.3 is 0 Å². The van der Waals surface area contributed by atoms with Crippen LogP contribution in [0.1, 0.15) is 25.5 Å². The molecular weight excluding hydrogens is 176 g/mol. The third kappa shape index (κ3) is 1.97. The van der Waals surface area contributed by atoms with Crippen molar-refractivity contribution in [2.24, 2.45) is 5.92 Å². The van der Waals surface area contributed by atoms with Crippen LogP contribution in [0.4, 0.5) is 0 Å². The van der Waals surface area contributed by atoms with Gasteiger partial charge in [0, 0.05) is 5.92 Å². The molecule has 2 atom stereocenters. The molecular formula is C12H16O2. The van der Waals surface area contributed by atoms with E-state index >= 15 is 0 Å². The van der Waals surface area contributed by atoms with Gasteiger partial charge in [-0.3, -0.25) is 0 Å². The minimum atomic E-state index is -0.0415. The van der Waals surface area contributed by atoms with Gasteiger partial charge in [-0.15, -0.1) is 0 Å². The van der Waals surface area contributed by atoms with E-state index in [-0.39, 0.29) is 12.4 Å². The van der Waals surface area contributed by atoms with Crippen LogP contribution in [0.3, 0.4) is 0 Å². The van der Waals surface area contributed by atoms with Crippen molar-refractivity contribution in [1.29, 1.82) is 0 Å². The van der Waals surface area contributed by atoms with Gasteiger partial charge in [-0.1, -0.05) is 44.2 Å². The molecule has 1 aromatic carbocycles. The van der Waals surface area contributed by atoms with E-state index in [1.54, 1.807) is 0 Å². The number of rotatable bonds is 2. The smallest absolute Gasteiger partial charge is 0.160 e. The summed E-state index contributed by atoms with van der Waals surface area (Å²) < 4.78 is 11.3. The first-order valence-corrected chi connectivity index (χ1v) is 5.09. The number of ether oxygens (including phenoxy) is 2. The zero-order chi connectivity index (χ0) is 9.97. The van der Waals surface area contributed by atoms with Gasteiger partial charge in [0.25, 0.3) is 0 Å². The molecule has 0 saturated carbocycles. The van der Waals surface area contributed by atoms with E-state index in [0.717, 1.165) is 0 Å². The Balaban J connectivity index is 2.03. The van der Waals surface area contributed by atoms with E-state index in [0.29, 0.717) is 12.5 Å². The summed E-state index contributed by atoms with van der Waals surface area (Å²) >= 11 is 0. The number of benzene rings is 1. The minimum Gasteiger partial charge on any atom is -0.349 e. The molecule has 0 amide bonds. The molecule has 0 spiro atoms. The van der Waals surface area contributed by atoms with Crippen LogP contribution in [-0.2, 0) is 9.47 Å². The van der Waals surface area contributed by atoms with Gasteiger partial charge in [0.15, 0.2) is 6.29 Å². The summed E-state index contributed by atoms with van der Waals surface area (Å²) in [6, 6.07) is 10.2. The van der Waals surface area contributed by atoms with Crippen molar-refractivity contribution in [2.45, 2.75) is 26.2 Å². The SMILES string of the molecule is CC(C)[C@H]1OC[C@H](c2ccccc2)O1. The average molecular weight is 192 g/mol. The van der Waals surface area contributed by atoms with E-state index < -0.39 is 0 Å². The van der Waals surface area contributed by atoms with E-state index in [2.05, 4.69) is 26.0 Å². The van der Waals surface area contributed by atoms with Crippen molar-refractivity contribution in [3.63, 3.8) is 0 Å². The molecule has 2 nitrogen and oxygen atoms in total. The van der Waals surface area contributed by atoms with E-state index in [1.165, 1.54) is 5.56 Å². The van der Waals surface area contributed by atoms with E-state index in [1.807, 2.05) is 18.2 Å². The maximum atomic E-state index is 5.79. The average Bonchev–Trinajstić information content (AvgIpc) is 2.68. The van der Waals surface area contributed by atoms with Crippen LogP contribution in [0.2, 0.25) is 0 Å². The van der Waals surface area contributed by atoms with Crippen molar-refractivity contribution in [3.05, 3.63) is 35.9 Å². The Labute approximate surface area is 84.8 Å². The van der Waals surface area contributed by atoms with Gasteiger partial charge in [-0.25, -0.2) is 0 Å². The number of hydrogen-bond donors (Lipinski definition) is 0. The Kier molecular flexibility index (Phi) is 2.85. The minimum absolute atomic E-state index is 0.0415. The summed E-state index contributed by atoms with van der Waals surface area (Å²) in [4.78, 5) is 0.